The van der Waals surface area contributed by atoms with E-state index in [1.165, 1.54) is 6.33 Å². The summed E-state index contributed by atoms with van der Waals surface area (Å²) in [6, 6.07) is 8.15. The van der Waals surface area contributed by atoms with Crippen LogP contribution in [0.25, 0.3) is 21.9 Å². The van der Waals surface area contributed by atoms with Crippen molar-refractivity contribution in [1.82, 2.24) is 19.5 Å². The molecule has 0 bridgehead atoms. The number of hydrogen-bond acceptors (Lipinski definition) is 7. The zero-order valence-electron chi connectivity index (χ0n) is 20.5. The maximum absolute atomic E-state index is 13.2. The Morgan fingerprint density at radius 2 is 1.86 bits per heavy atom. The van der Waals surface area contributed by atoms with Crippen molar-refractivity contribution in [2.24, 2.45) is 5.92 Å². The van der Waals surface area contributed by atoms with Crippen LogP contribution in [0.3, 0.4) is 0 Å². The van der Waals surface area contributed by atoms with Crippen LogP contribution >= 0.6 is 0 Å². The van der Waals surface area contributed by atoms with Gasteiger partial charge in [-0.05, 0) is 69.2 Å². The Kier molecular flexibility index (Phi) is 6.23. The van der Waals surface area contributed by atoms with Gasteiger partial charge in [0.05, 0.1) is 28.6 Å². The number of nitrogens with zero attached hydrogens (tertiary/aromatic N) is 4. The number of pyridine rings is 1. The van der Waals surface area contributed by atoms with Gasteiger partial charge in [0, 0.05) is 11.6 Å². The summed E-state index contributed by atoms with van der Waals surface area (Å²) in [5, 5.41) is 11.5. The van der Waals surface area contributed by atoms with Crippen molar-refractivity contribution in [3.63, 3.8) is 0 Å². The van der Waals surface area contributed by atoms with Gasteiger partial charge in [0.2, 0.25) is 0 Å². The molecular formula is C26H29F3N6O2. The molecule has 3 heterocycles. The molecule has 11 heteroatoms. The lowest BCUT2D eigenvalue weighted by atomic mass is 9.97. The average Bonchev–Trinajstić information content (AvgIpc) is 3.39. The summed E-state index contributed by atoms with van der Waals surface area (Å²) in [6.45, 7) is 3.23. The highest BCUT2D eigenvalue weighted by atomic mass is 19.4. The molecule has 1 aliphatic carbocycles. The number of nitrogen functional groups attached to an aromatic ring is 2. The molecule has 0 aliphatic heterocycles. The third-order valence-electron chi connectivity index (χ3n) is 6.96. The van der Waals surface area contributed by atoms with Crippen LogP contribution in [0.5, 0.6) is 0 Å². The summed E-state index contributed by atoms with van der Waals surface area (Å²) in [5.74, 6) is -1.12. The van der Waals surface area contributed by atoms with Gasteiger partial charge in [-0.3, -0.25) is 0 Å². The number of rotatable bonds is 6. The minimum absolute atomic E-state index is 0.0536. The molecule has 0 saturated heterocycles. The third kappa shape index (κ3) is 5.19. The monoisotopic (exact) mass is 514 g/mol. The summed E-state index contributed by atoms with van der Waals surface area (Å²) < 4.78 is 47.6. The van der Waals surface area contributed by atoms with E-state index in [-0.39, 0.29) is 18.1 Å². The fourth-order valence-electron chi connectivity index (χ4n) is 5.34. The van der Waals surface area contributed by atoms with Crippen LogP contribution in [0.1, 0.15) is 50.3 Å². The molecule has 0 spiro atoms. The summed E-state index contributed by atoms with van der Waals surface area (Å²) in [5.41, 5.74) is 12.8. The van der Waals surface area contributed by atoms with Gasteiger partial charge in [-0.1, -0.05) is 12.1 Å². The number of fused-ring (bicyclic) bond motifs is 2. The fraction of sp³-hybridized carbons (Fsp3) is 0.423. The Bertz CT molecular complexity index is 1450. The second-order valence-corrected chi connectivity index (χ2v) is 10.2. The normalized spacial score (nSPS) is 20.8. The van der Waals surface area contributed by atoms with E-state index in [0.717, 1.165) is 41.9 Å². The fourth-order valence-corrected chi connectivity index (χ4v) is 5.34. The van der Waals surface area contributed by atoms with Crippen LogP contribution in [0.15, 0.2) is 42.9 Å². The van der Waals surface area contributed by atoms with E-state index < -0.39 is 23.3 Å². The molecule has 0 unspecified atom stereocenters. The predicted molar refractivity (Wildman–Crippen MR) is 134 cm³/mol. The molecule has 5 rings (SSSR count). The molecule has 1 fully saturated rings. The number of aromatic nitrogens is 4. The SMILES string of the molecule is CC(C)(O)O[C@@H]1C[C@@H](CCc2ccc3cc(C(F)(F)F)c(N)nc3c2)C[C@H]1n1ccc2c(N)ncnc21. The minimum atomic E-state index is -4.55. The van der Waals surface area contributed by atoms with Crippen LogP contribution in [-0.2, 0) is 17.3 Å². The minimum Gasteiger partial charge on any atom is -0.383 e. The van der Waals surface area contributed by atoms with Gasteiger partial charge in [-0.2, -0.15) is 13.2 Å². The van der Waals surface area contributed by atoms with Crippen molar-refractivity contribution in [2.45, 2.75) is 63.6 Å². The number of halogens is 3. The standard InChI is InChI=1S/C26H29F3N6O2/c1-25(2,36)37-21-11-15(10-20(21)35-8-7-17-22(30)32-13-33-24(17)35)4-3-14-5-6-16-12-18(26(27,28)29)23(31)34-19(16)9-14/h5-9,12-13,15,20-21,36H,3-4,10-11H2,1-2H3,(H2,31,34)(H2,30,32,33)/t15-,20+,21+/m0/s1. The zero-order valence-corrected chi connectivity index (χ0v) is 20.5. The molecule has 8 nitrogen and oxygen atoms in total. The second kappa shape index (κ2) is 9.14. The van der Waals surface area contributed by atoms with E-state index in [9.17, 15) is 18.3 Å². The van der Waals surface area contributed by atoms with Gasteiger partial charge in [0.15, 0.2) is 5.79 Å². The van der Waals surface area contributed by atoms with Gasteiger partial charge in [-0.25, -0.2) is 15.0 Å². The highest BCUT2D eigenvalue weighted by Crippen LogP contribution is 2.42. The first-order valence-electron chi connectivity index (χ1n) is 12.1. The average molecular weight is 515 g/mol. The van der Waals surface area contributed by atoms with E-state index in [1.54, 1.807) is 26.0 Å². The maximum Gasteiger partial charge on any atom is 0.419 e. The van der Waals surface area contributed by atoms with Crippen LogP contribution in [0.2, 0.25) is 0 Å². The Labute approximate surface area is 211 Å². The number of ether oxygens (including phenoxy) is 1. The van der Waals surface area contributed by atoms with E-state index in [4.69, 9.17) is 16.2 Å². The maximum atomic E-state index is 13.2. The number of nitrogens with two attached hydrogens (primary N) is 2. The van der Waals surface area contributed by atoms with Gasteiger partial charge in [0.25, 0.3) is 0 Å². The highest BCUT2D eigenvalue weighted by molar-refractivity contribution is 5.86. The zero-order chi connectivity index (χ0) is 26.5. The van der Waals surface area contributed by atoms with E-state index in [0.29, 0.717) is 23.1 Å². The van der Waals surface area contributed by atoms with Gasteiger partial charge < -0.3 is 25.9 Å². The molecule has 3 aromatic heterocycles. The smallest absolute Gasteiger partial charge is 0.383 e. The van der Waals surface area contributed by atoms with Crippen molar-refractivity contribution >= 4 is 33.6 Å². The van der Waals surface area contributed by atoms with Crippen molar-refractivity contribution in [3.05, 3.63) is 54.0 Å². The highest BCUT2D eigenvalue weighted by Gasteiger charge is 2.39. The molecule has 196 valence electrons. The quantitative estimate of drug-likeness (QED) is 0.314. The van der Waals surface area contributed by atoms with Gasteiger partial charge in [-0.15, -0.1) is 0 Å². The molecule has 0 amide bonds. The summed E-state index contributed by atoms with van der Waals surface area (Å²) >= 11 is 0. The molecule has 37 heavy (non-hydrogen) atoms. The summed E-state index contributed by atoms with van der Waals surface area (Å²) in [4.78, 5) is 12.5. The third-order valence-corrected chi connectivity index (χ3v) is 6.96. The number of hydrogen-bond donors (Lipinski definition) is 3. The largest absolute Gasteiger partial charge is 0.419 e. The molecular weight excluding hydrogens is 485 g/mol. The van der Waals surface area contributed by atoms with Crippen LogP contribution in [0, 0.1) is 5.92 Å². The lowest BCUT2D eigenvalue weighted by Crippen LogP contribution is -2.33. The van der Waals surface area contributed by atoms with Crippen LogP contribution in [-0.4, -0.2) is 36.5 Å². The number of alkyl halides is 3. The Hall–Kier alpha value is -3.44. The van der Waals surface area contributed by atoms with Crippen molar-refractivity contribution in [2.75, 3.05) is 11.5 Å². The number of aryl methyl sites for hydroxylation is 1. The lowest BCUT2D eigenvalue weighted by molar-refractivity contribution is -0.210. The predicted octanol–water partition coefficient (Wildman–Crippen LogP) is 4.86. The van der Waals surface area contributed by atoms with E-state index in [2.05, 4.69) is 15.0 Å². The molecule has 1 aromatic carbocycles. The van der Waals surface area contributed by atoms with Crippen LogP contribution < -0.4 is 11.5 Å². The van der Waals surface area contributed by atoms with Crippen LogP contribution in [0.4, 0.5) is 24.8 Å². The Balaban J connectivity index is 1.35. The van der Waals surface area contributed by atoms with E-state index in [1.807, 2.05) is 22.9 Å². The van der Waals surface area contributed by atoms with Crippen molar-refractivity contribution < 1.29 is 23.0 Å². The number of aliphatic hydroxyl groups is 1. The molecule has 1 aliphatic rings. The van der Waals surface area contributed by atoms with Crippen molar-refractivity contribution in [3.8, 4) is 0 Å². The first-order valence-corrected chi connectivity index (χ1v) is 12.1. The molecule has 1 saturated carbocycles. The number of anilines is 2. The summed E-state index contributed by atoms with van der Waals surface area (Å²) in [6.07, 6.45) is 1.67. The molecule has 4 aromatic rings. The Morgan fingerprint density at radius 1 is 1.08 bits per heavy atom. The first kappa shape index (κ1) is 25.2. The summed E-state index contributed by atoms with van der Waals surface area (Å²) in [7, 11) is 0. The topological polar surface area (TPSA) is 125 Å². The lowest BCUT2D eigenvalue weighted by Gasteiger charge is -2.28. The molecule has 0 radical (unpaired) electrons. The first-order chi connectivity index (χ1) is 17.4. The van der Waals surface area contributed by atoms with Gasteiger partial charge in [0.1, 0.15) is 23.6 Å². The second-order valence-electron chi connectivity index (χ2n) is 10.2. The molecule has 3 atom stereocenters. The molecule has 5 N–H and O–H groups in total. The van der Waals surface area contributed by atoms with Gasteiger partial charge >= 0.3 is 6.18 Å². The van der Waals surface area contributed by atoms with Crippen molar-refractivity contribution in [1.29, 1.82) is 0 Å². The Morgan fingerprint density at radius 3 is 2.59 bits per heavy atom. The number of benzene rings is 1. The van der Waals surface area contributed by atoms with E-state index >= 15 is 0 Å².